The van der Waals surface area contributed by atoms with Gasteiger partial charge >= 0.3 is 6.16 Å². The highest BCUT2D eigenvalue weighted by Crippen LogP contribution is 2.30. The molecule has 0 unspecified atom stereocenters. The number of halogens is 2. The number of benzene rings is 2. The molecule has 148 valence electrons. The van der Waals surface area contributed by atoms with Crippen molar-refractivity contribution in [2.24, 2.45) is 0 Å². The number of hydrogen-bond acceptors (Lipinski definition) is 5. The Hall–Kier alpha value is -3.09. The van der Waals surface area contributed by atoms with Crippen LogP contribution < -0.4 is 0 Å². The Balaban J connectivity index is 2.17. The van der Waals surface area contributed by atoms with Gasteiger partial charge in [-0.2, -0.15) is 0 Å². The molecule has 0 heterocycles. The number of hydrogen-bond donors (Lipinski definition) is 0. The Morgan fingerprint density at radius 1 is 0.786 bits per heavy atom. The van der Waals surface area contributed by atoms with Crippen molar-refractivity contribution in [3.8, 4) is 0 Å². The Bertz CT molecular complexity index is 846. The van der Waals surface area contributed by atoms with Gasteiger partial charge in [-0.1, -0.05) is 12.1 Å². The van der Waals surface area contributed by atoms with Gasteiger partial charge in [0.25, 0.3) is 0 Å². The first kappa shape index (κ1) is 21.2. The van der Waals surface area contributed by atoms with E-state index in [1.54, 1.807) is 0 Å². The predicted molar refractivity (Wildman–Crippen MR) is 97.2 cm³/mol. The molecule has 5 nitrogen and oxygen atoms in total. The average Bonchev–Trinajstić information content (AvgIpc) is 2.60. The predicted octanol–water partition coefficient (Wildman–Crippen LogP) is 4.91. The maximum absolute atomic E-state index is 13.8. The first-order valence-corrected chi connectivity index (χ1v) is 8.42. The maximum atomic E-state index is 13.8. The lowest BCUT2D eigenvalue weighted by molar-refractivity contribution is -0.0635. The van der Waals surface area contributed by atoms with E-state index in [0.29, 0.717) is 23.7 Å². The summed E-state index contributed by atoms with van der Waals surface area (Å²) in [6.45, 7) is 6.15. The molecular formula is C21H20F2O5. The molecule has 0 radical (unpaired) electrons. The van der Waals surface area contributed by atoms with Crippen LogP contribution in [-0.2, 0) is 20.7 Å². The van der Waals surface area contributed by atoms with Crippen LogP contribution in [0.25, 0.3) is 0 Å². The van der Waals surface area contributed by atoms with Crippen LogP contribution >= 0.6 is 0 Å². The Morgan fingerprint density at radius 3 is 1.43 bits per heavy atom. The molecular weight excluding hydrogens is 370 g/mol. The van der Waals surface area contributed by atoms with E-state index >= 15 is 0 Å². The van der Waals surface area contributed by atoms with Gasteiger partial charge in [0.1, 0.15) is 22.8 Å². The molecule has 0 aliphatic carbocycles. The van der Waals surface area contributed by atoms with E-state index in [1.807, 2.05) is 0 Å². The van der Waals surface area contributed by atoms with Crippen molar-refractivity contribution >= 4 is 18.7 Å². The lowest BCUT2D eigenvalue weighted by Gasteiger charge is -2.30. The Kier molecular flexibility index (Phi) is 5.97. The summed E-state index contributed by atoms with van der Waals surface area (Å²) in [7, 11) is 0. The van der Waals surface area contributed by atoms with Gasteiger partial charge in [0.05, 0.1) is 11.1 Å². The summed E-state index contributed by atoms with van der Waals surface area (Å²) in [5.74, 6) is -1.47. The topological polar surface area (TPSA) is 69.7 Å². The van der Waals surface area contributed by atoms with E-state index in [4.69, 9.17) is 9.47 Å². The highest BCUT2D eigenvalue weighted by atomic mass is 19.1. The summed E-state index contributed by atoms with van der Waals surface area (Å²) in [6, 6.07) is 7.73. The van der Waals surface area contributed by atoms with Crippen molar-refractivity contribution in [1.29, 1.82) is 0 Å². The fourth-order valence-electron chi connectivity index (χ4n) is 2.55. The minimum Gasteiger partial charge on any atom is -0.423 e. The van der Waals surface area contributed by atoms with Gasteiger partial charge in [0, 0.05) is 0 Å². The number of carbonyl (C=O) groups excluding carboxylic acids is 3. The SMILES string of the molecule is CC(C)(OC(=O)OC(C)(C)c1ccc(C=O)c(F)c1)c1ccc(C=O)c(F)c1. The first-order valence-electron chi connectivity index (χ1n) is 8.42. The molecule has 2 aromatic rings. The second kappa shape index (κ2) is 7.88. The quantitative estimate of drug-likeness (QED) is 0.518. The summed E-state index contributed by atoms with van der Waals surface area (Å²) >= 11 is 0. The zero-order chi connectivity index (χ0) is 21.1. The molecule has 0 aromatic heterocycles. The normalized spacial score (nSPS) is 11.6. The molecule has 0 aliphatic rings. The van der Waals surface area contributed by atoms with E-state index < -0.39 is 29.0 Å². The molecule has 0 spiro atoms. The molecule has 0 N–H and O–H groups in total. The highest BCUT2D eigenvalue weighted by molar-refractivity contribution is 5.75. The molecule has 0 aliphatic heterocycles. The zero-order valence-corrected chi connectivity index (χ0v) is 15.9. The number of ether oxygens (including phenoxy) is 2. The second-order valence-corrected chi connectivity index (χ2v) is 7.18. The molecule has 0 amide bonds. The van der Waals surface area contributed by atoms with E-state index in [9.17, 15) is 23.2 Å². The summed E-state index contributed by atoms with van der Waals surface area (Å²) in [6.07, 6.45) is -0.271. The minimum atomic E-state index is -1.25. The van der Waals surface area contributed by atoms with E-state index in [1.165, 1.54) is 52.0 Å². The minimum absolute atomic E-state index is 0.107. The largest absolute Gasteiger partial charge is 0.510 e. The highest BCUT2D eigenvalue weighted by Gasteiger charge is 2.32. The van der Waals surface area contributed by atoms with Crippen molar-refractivity contribution in [2.45, 2.75) is 38.9 Å². The van der Waals surface area contributed by atoms with Crippen molar-refractivity contribution in [2.75, 3.05) is 0 Å². The van der Waals surface area contributed by atoms with Crippen LogP contribution in [0.4, 0.5) is 13.6 Å². The van der Waals surface area contributed by atoms with Crippen molar-refractivity contribution < 1.29 is 32.6 Å². The molecule has 0 bridgehead atoms. The van der Waals surface area contributed by atoms with Crippen LogP contribution in [-0.4, -0.2) is 18.7 Å². The molecule has 0 saturated carbocycles. The average molecular weight is 390 g/mol. The van der Waals surface area contributed by atoms with Crippen LogP contribution in [0.3, 0.4) is 0 Å². The lowest BCUT2D eigenvalue weighted by atomic mass is 9.96. The lowest BCUT2D eigenvalue weighted by Crippen LogP contribution is -2.32. The fraction of sp³-hybridized carbons (Fsp3) is 0.286. The van der Waals surface area contributed by atoms with Gasteiger partial charge in [-0.25, -0.2) is 13.6 Å². The van der Waals surface area contributed by atoms with E-state index in [-0.39, 0.29) is 11.1 Å². The Labute approximate surface area is 161 Å². The van der Waals surface area contributed by atoms with Crippen LogP contribution in [0.1, 0.15) is 59.5 Å². The first-order chi connectivity index (χ1) is 13.0. The maximum Gasteiger partial charge on any atom is 0.510 e. The molecule has 0 fully saturated rings. The molecule has 28 heavy (non-hydrogen) atoms. The van der Waals surface area contributed by atoms with Gasteiger partial charge in [-0.05, 0) is 63.1 Å². The number of aldehydes is 2. The summed E-state index contributed by atoms with van der Waals surface area (Å²) in [4.78, 5) is 33.8. The third kappa shape index (κ3) is 4.60. The second-order valence-electron chi connectivity index (χ2n) is 7.18. The van der Waals surface area contributed by atoms with Gasteiger partial charge in [0.2, 0.25) is 0 Å². The van der Waals surface area contributed by atoms with Crippen molar-refractivity contribution in [1.82, 2.24) is 0 Å². The zero-order valence-electron chi connectivity index (χ0n) is 15.9. The van der Waals surface area contributed by atoms with Crippen LogP contribution in [0, 0.1) is 11.6 Å². The van der Waals surface area contributed by atoms with Crippen molar-refractivity contribution in [3.63, 3.8) is 0 Å². The molecule has 0 atom stereocenters. The van der Waals surface area contributed by atoms with Gasteiger partial charge in [-0.3, -0.25) is 9.59 Å². The van der Waals surface area contributed by atoms with Gasteiger partial charge in [0.15, 0.2) is 12.6 Å². The summed E-state index contributed by atoms with van der Waals surface area (Å²) in [5, 5.41) is 0. The third-order valence-electron chi connectivity index (χ3n) is 4.32. The standard InChI is InChI=1S/C21H20F2O5/c1-20(2,15-7-5-13(11-24)17(22)9-15)27-19(26)28-21(3,4)16-8-6-14(12-25)18(23)10-16/h5-12H,1-4H3. The van der Waals surface area contributed by atoms with E-state index in [0.717, 1.165) is 12.1 Å². The molecule has 2 rings (SSSR count). The van der Waals surface area contributed by atoms with Crippen molar-refractivity contribution in [3.05, 3.63) is 70.3 Å². The fourth-order valence-corrected chi connectivity index (χ4v) is 2.55. The summed E-state index contributed by atoms with van der Waals surface area (Å²) < 4.78 is 38.3. The van der Waals surface area contributed by atoms with Crippen LogP contribution in [0.15, 0.2) is 36.4 Å². The number of rotatable bonds is 6. The van der Waals surface area contributed by atoms with E-state index in [2.05, 4.69) is 0 Å². The number of carbonyl (C=O) groups is 3. The molecule has 2 aromatic carbocycles. The Morgan fingerprint density at radius 2 is 1.14 bits per heavy atom. The third-order valence-corrected chi connectivity index (χ3v) is 4.32. The molecule has 0 saturated heterocycles. The molecule has 7 heteroatoms. The van der Waals surface area contributed by atoms with Gasteiger partial charge < -0.3 is 9.47 Å². The summed E-state index contributed by atoms with van der Waals surface area (Å²) in [5.41, 5.74) is -2.06. The van der Waals surface area contributed by atoms with Crippen LogP contribution in [0.5, 0.6) is 0 Å². The smallest absolute Gasteiger partial charge is 0.423 e. The van der Waals surface area contributed by atoms with Gasteiger partial charge in [-0.15, -0.1) is 0 Å². The van der Waals surface area contributed by atoms with Crippen LogP contribution in [0.2, 0.25) is 0 Å². The monoisotopic (exact) mass is 390 g/mol.